The van der Waals surface area contributed by atoms with Crippen LogP contribution in [-0.4, -0.2) is 59.4 Å². The van der Waals surface area contributed by atoms with Gasteiger partial charge >= 0.3 is 0 Å². The molecule has 1 saturated heterocycles. The van der Waals surface area contributed by atoms with Crippen molar-refractivity contribution in [1.29, 1.82) is 0 Å². The predicted molar refractivity (Wildman–Crippen MR) is 142 cm³/mol. The van der Waals surface area contributed by atoms with Crippen molar-refractivity contribution in [1.82, 2.24) is 20.5 Å². The highest BCUT2D eigenvalue weighted by atomic mass is 32.1. The number of amides is 3. The molecule has 1 aromatic heterocycles. The van der Waals surface area contributed by atoms with Gasteiger partial charge in [-0.3, -0.25) is 14.4 Å². The summed E-state index contributed by atoms with van der Waals surface area (Å²) < 4.78 is 5.81. The summed E-state index contributed by atoms with van der Waals surface area (Å²) in [4.78, 5) is 45.7. The molecular weight excluding hydrogens is 488 g/mol. The smallest absolute Gasteiger partial charge is 0.251 e. The zero-order valence-corrected chi connectivity index (χ0v) is 21.6. The maximum Gasteiger partial charge on any atom is 0.251 e. The van der Waals surface area contributed by atoms with E-state index in [0.717, 1.165) is 22.6 Å². The minimum absolute atomic E-state index is 0.0790. The topological polar surface area (TPSA) is 101 Å². The van der Waals surface area contributed by atoms with Gasteiger partial charge < -0.3 is 20.3 Å². The molecule has 8 nitrogen and oxygen atoms in total. The number of fused-ring (bicyclic) bond motifs is 4. The van der Waals surface area contributed by atoms with Crippen molar-refractivity contribution in [2.24, 2.45) is 0 Å². The highest BCUT2D eigenvalue weighted by molar-refractivity contribution is 7.13. The molecule has 0 aliphatic carbocycles. The van der Waals surface area contributed by atoms with E-state index in [1.54, 1.807) is 17.0 Å². The Hall–Kier alpha value is -3.72. The first-order valence-corrected chi connectivity index (χ1v) is 13.5. The lowest BCUT2D eigenvalue weighted by Gasteiger charge is -2.30. The molecule has 37 heavy (non-hydrogen) atoms. The van der Waals surface area contributed by atoms with Crippen LogP contribution in [0.4, 0.5) is 0 Å². The second-order valence-electron chi connectivity index (χ2n) is 9.47. The quantitative estimate of drug-likeness (QED) is 0.554. The van der Waals surface area contributed by atoms with Gasteiger partial charge in [-0.1, -0.05) is 36.4 Å². The minimum atomic E-state index is -0.226. The predicted octanol–water partition coefficient (Wildman–Crippen LogP) is 3.35. The van der Waals surface area contributed by atoms with Gasteiger partial charge in [0.2, 0.25) is 11.8 Å². The van der Waals surface area contributed by atoms with E-state index < -0.39 is 0 Å². The summed E-state index contributed by atoms with van der Waals surface area (Å²) >= 11 is 1.51. The SMILES string of the molecule is Cc1ccc2cc1OCCNC(=O)C[C@@H]1CC[C@H](CNC2=O)N1C(=O)Cc1csc(-c2ccccc2)n1. The zero-order valence-electron chi connectivity index (χ0n) is 20.7. The van der Waals surface area contributed by atoms with Gasteiger partial charge in [-0.05, 0) is 37.5 Å². The van der Waals surface area contributed by atoms with Crippen molar-refractivity contribution in [3.63, 3.8) is 0 Å². The van der Waals surface area contributed by atoms with Crippen LogP contribution in [0.1, 0.15) is 40.9 Å². The number of nitrogens with zero attached hydrogens (tertiary/aromatic N) is 2. The summed E-state index contributed by atoms with van der Waals surface area (Å²) in [6, 6.07) is 14.8. The molecule has 9 heteroatoms. The Kier molecular flexibility index (Phi) is 7.50. The van der Waals surface area contributed by atoms with Crippen LogP contribution in [0.2, 0.25) is 0 Å². The summed E-state index contributed by atoms with van der Waals surface area (Å²) in [6.45, 7) is 2.87. The third-order valence-corrected chi connectivity index (χ3v) is 7.80. The van der Waals surface area contributed by atoms with Crippen molar-refractivity contribution >= 4 is 29.1 Å². The molecule has 3 aromatic rings. The summed E-state index contributed by atoms with van der Waals surface area (Å²) in [5, 5.41) is 8.68. The number of hydrogen-bond acceptors (Lipinski definition) is 6. The molecule has 2 N–H and O–H groups in total. The molecule has 192 valence electrons. The molecule has 4 bridgehead atoms. The Labute approximate surface area is 220 Å². The Bertz CT molecular complexity index is 1290. The molecule has 2 atom stereocenters. The number of benzene rings is 2. The fourth-order valence-electron chi connectivity index (χ4n) is 4.96. The van der Waals surface area contributed by atoms with Gasteiger partial charge in [-0.15, -0.1) is 11.3 Å². The Morgan fingerprint density at radius 2 is 1.89 bits per heavy atom. The number of carbonyl (C=O) groups is 3. The van der Waals surface area contributed by atoms with Crippen LogP contribution in [-0.2, 0) is 16.0 Å². The lowest BCUT2D eigenvalue weighted by molar-refractivity contribution is -0.134. The Morgan fingerprint density at radius 1 is 1.08 bits per heavy atom. The highest BCUT2D eigenvalue weighted by Gasteiger charge is 2.38. The van der Waals surface area contributed by atoms with Crippen molar-refractivity contribution in [3.8, 4) is 16.3 Å². The van der Waals surface area contributed by atoms with Crippen molar-refractivity contribution in [2.45, 2.75) is 44.7 Å². The molecular formula is C28H30N4O4S. The first kappa shape index (κ1) is 25.0. The third-order valence-electron chi connectivity index (χ3n) is 6.86. The molecule has 3 amide bonds. The summed E-state index contributed by atoms with van der Waals surface area (Å²) in [5.41, 5.74) is 3.15. The highest BCUT2D eigenvalue weighted by Crippen LogP contribution is 2.29. The third kappa shape index (κ3) is 5.83. The second-order valence-corrected chi connectivity index (χ2v) is 10.3. The van der Waals surface area contributed by atoms with Gasteiger partial charge in [-0.25, -0.2) is 4.98 Å². The van der Waals surface area contributed by atoms with Crippen molar-refractivity contribution < 1.29 is 19.1 Å². The van der Waals surface area contributed by atoms with E-state index in [4.69, 9.17) is 4.74 Å². The zero-order chi connectivity index (χ0) is 25.8. The van der Waals surface area contributed by atoms with E-state index in [0.29, 0.717) is 43.1 Å². The number of hydrogen-bond donors (Lipinski definition) is 2. The van der Waals surface area contributed by atoms with E-state index in [1.165, 1.54) is 11.3 Å². The minimum Gasteiger partial charge on any atom is -0.491 e. The molecule has 1 fully saturated rings. The van der Waals surface area contributed by atoms with E-state index in [-0.39, 0.29) is 42.6 Å². The number of aromatic nitrogens is 1. The average Bonchev–Trinajstić information content (AvgIpc) is 3.53. The van der Waals surface area contributed by atoms with E-state index in [2.05, 4.69) is 15.6 Å². The van der Waals surface area contributed by atoms with Gasteiger partial charge in [0.05, 0.1) is 18.7 Å². The standard InChI is InChI=1S/C28H30N4O4S/c1-18-7-8-20-13-24(18)36-12-11-29-25(33)15-22-9-10-23(16-30-27(20)35)32(22)26(34)14-21-17-37-28(31-21)19-5-3-2-4-6-19/h2-8,13,17,22-23H,9-12,14-16H2,1H3,(H,29,33)(H,30,35)/t22-,23+/m0/s1. The molecule has 0 radical (unpaired) electrons. The van der Waals surface area contributed by atoms with Crippen LogP contribution >= 0.6 is 11.3 Å². The van der Waals surface area contributed by atoms with E-state index in [9.17, 15) is 14.4 Å². The monoisotopic (exact) mass is 518 g/mol. The fourth-order valence-corrected chi connectivity index (χ4v) is 5.79. The van der Waals surface area contributed by atoms with Crippen LogP contribution in [0.3, 0.4) is 0 Å². The second kappa shape index (κ2) is 11.1. The van der Waals surface area contributed by atoms with Crippen LogP contribution in [0.15, 0.2) is 53.9 Å². The molecule has 3 heterocycles. The van der Waals surface area contributed by atoms with Crippen molar-refractivity contribution in [2.75, 3.05) is 19.7 Å². The Balaban J connectivity index is 1.34. The maximum atomic E-state index is 13.6. The molecule has 2 aliphatic rings. The number of aryl methyl sites for hydroxylation is 1. The number of carbonyl (C=O) groups excluding carboxylic acids is 3. The van der Waals surface area contributed by atoms with Gasteiger partial charge in [0.15, 0.2) is 0 Å². The summed E-state index contributed by atoms with van der Waals surface area (Å²) in [7, 11) is 0. The lowest BCUT2D eigenvalue weighted by Crippen LogP contribution is -2.48. The summed E-state index contributed by atoms with van der Waals surface area (Å²) in [6.07, 6.45) is 1.80. The van der Waals surface area contributed by atoms with E-state index >= 15 is 0 Å². The molecule has 5 rings (SSSR count). The fraction of sp³-hybridized carbons (Fsp3) is 0.357. The number of ether oxygens (including phenoxy) is 1. The van der Waals surface area contributed by atoms with Crippen LogP contribution in [0.25, 0.3) is 10.6 Å². The number of thiazole rings is 1. The maximum absolute atomic E-state index is 13.6. The van der Waals surface area contributed by atoms with Gasteiger partial charge in [-0.2, -0.15) is 0 Å². The van der Waals surface area contributed by atoms with E-state index in [1.807, 2.05) is 48.7 Å². The first-order chi connectivity index (χ1) is 18.0. The first-order valence-electron chi connectivity index (χ1n) is 12.6. The number of rotatable bonds is 3. The van der Waals surface area contributed by atoms with Crippen LogP contribution in [0, 0.1) is 6.92 Å². The lowest BCUT2D eigenvalue weighted by atomic mass is 10.1. The van der Waals surface area contributed by atoms with Crippen LogP contribution < -0.4 is 15.4 Å². The normalized spacial score (nSPS) is 20.3. The molecule has 0 saturated carbocycles. The largest absolute Gasteiger partial charge is 0.491 e. The number of nitrogens with one attached hydrogen (secondary N) is 2. The van der Waals surface area contributed by atoms with Gasteiger partial charge in [0.25, 0.3) is 5.91 Å². The average molecular weight is 519 g/mol. The van der Waals surface area contributed by atoms with Gasteiger partial charge in [0, 0.05) is 41.6 Å². The molecule has 2 aromatic carbocycles. The molecule has 0 spiro atoms. The molecule has 2 aliphatic heterocycles. The Morgan fingerprint density at radius 3 is 2.73 bits per heavy atom. The van der Waals surface area contributed by atoms with Gasteiger partial charge in [0.1, 0.15) is 17.4 Å². The molecule has 0 unspecified atom stereocenters. The summed E-state index contributed by atoms with van der Waals surface area (Å²) in [5.74, 6) is 0.214. The van der Waals surface area contributed by atoms with Crippen molar-refractivity contribution in [3.05, 3.63) is 70.7 Å². The van der Waals surface area contributed by atoms with Crippen LogP contribution in [0.5, 0.6) is 5.75 Å².